The molecule has 1 aliphatic heterocycles. The van der Waals surface area contributed by atoms with E-state index in [1.807, 2.05) is 43.3 Å². The van der Waals surface area contributed by atoms with E-state index < -0.39 is 12.1 Å². The van der Waals surface area contributed by atoms with Crippen LogP contribution in [0.25, 0.3) is 0 Å². The number of aromatic nitrogens is 3. The second-order valence-electron chi connectivity index (χ2n) is 8.51. The van der Waals surface area contributed by atoms with Crippen LogP contribution in [0.2, 0.25) is 5.02 Å². The van der Waals surface area contributed by atoms with Crippen molar-refractivity contribution in [2.75, 3.05) is 18.4 Å². The Balaban J connectivity index is 1.46. The van der Waals surface area contributed by atoms with Crippen LogP contribution in [0.3, 0.4) is 0 Å². The number of pyridine rings is 1. The van der Waals surface area contributed by atoms with Crippen LogP contribution in [-0.4, -0.2) is 50.7 Å². The normalized spacial score (nSPS) is 17.4. The lowest BCUT2D eigenvalue weighted by atomic mass is 9.95. The number of aryl methyl sites for hydroxylation is 1. The second kappa shape index (κ2) is 10.7. The number of hydrogen-bond acceptors (Lipinski definition) is 4. The first kappa shape index (κ1) is 24.4. The zero-order valence-electron chi connectivity index (χ0n) is 19.5. The monoisotopic (exact) mass is 493 g/mol. The number of likely N-dealkylation sites (tertiary alicyclic amines) is 1. The minimum atomic E-state index is -1.21. The molecule has 0 bridgehead atoms. The van der Waals surface area contributed by atoms with Crippen molar-refractivity contribution in [3.05, 3.63) is 76.2 Å². The van der Waals surface area contributed by atoms with Crippen molar-refractivity contribution in [1.29, 1.82) is 0 Å². The predicted molar refractivity (Wildman–Crippen MR) is 132 cm³/mol. The van der Waals surface area contributed by atoms with E-state index in [9.17, 15) is 14.0 Å². The molecule has 2 atom stereocenters. The number of rotatable bonds is 4. The number of carbonyl (C=O) groups excluding carboxylic acids is 2. The molecule has 2 aromatic heterocycles. The first-order chi connectivity index (χ1) is 16.8. The molecule has 0 radical (unpaired) electrons. The summed E-state index contributed by atoms with van der Waals surface area (Å²) in [5.74, 6) is 5.51. The lowest BCUT2D eigenvalue weighted by Gasteiger charge is -2.34. The fourth-order valence-electron chi connectivity index (χ4n) is 4.00. The lowest BCUT2D eigenvalue weighted by Crippen LogP contribution is -2.45. The topological polar surface area (TPSA) is 80.1 Å². The molecule has 2 amide bonds. The number of benzene rings is 1. The maximum atomic E-state index is 14.7. The highest BCUT2D eigenvalue weighted by molar-refractivity contribution is 6.34. The summed E-state index contributed by atoms with van der Waals surface area (Å²) in [5.41, 5.74) is 2.49. The fourth-order valence-corrected chi connectivity index (χ4v) is 4.23. The molecule has 1 N–H and O–H groups in total. The predicted octanol–water partition coefficient (Wildman–Crippen LogP) is 4.10. The largest absolute Gasteiger partial charge is 0.340 e. The van der Waals surface area contributed by atoms with Crippen molar-refractivity contribution < 1.29 is 14.0 Å². The van der Waals surface area contributed by atoms with E-state index in [0.29, 0.717) is 18.8 Å². The van der Waals surface area contributed by atoms with Gasteiger partial charge in [0.15, 0.2) is 0 Å². The number of anilines is 1. The van der Waals surface area contributed by atoms with Gasteiger partial charge in [0.25, 0.3) is 5.91 Å². The maximum absolute atomic E-state index is 14.7. The van der Waals surface area contributed by atoms with Crippen molar-refractivity contribution in [3.63, 3.8) is 0 Å². The Morgan fingerprint density at radius 1 is 1.20 bits per heavy atom. The van der Waals surface area contributed by atoms with Gasteiger partial charge in [-0.1, -0.05) is 41.6 Å². The van der Waals surface area contributed by atoms with Crippen LogP contribution in [0.4, 0.5) is 10.2 Å². The Morgan fingerprint density at radius 2 is 1.94 bits per heavy atom. The van der Waals surface area contributed by atoms with E-state index in [1.165, 1.54) is 22.7 Å². The van der Waals surface area contributed by atoms with Crippen molar-refractivity contribution in [2.24, 2.45) is 5.92 Å². The summed E-state index contributed by atoms with van der Waals surface area (Å²) in [6.07, 6.45) is 2.23. The molecular weight excluding hydrogens is 469 g/mol. The number of carbonyl (C=O) groups is 2. The average Bonchev–Trinajstić information content (AvgIpc) is 3.21. The van der Waals surface area contributed by atoms with Gasteiger partial charge in [0.05, 0.1) is 17.8 Å². The highest BCUT2D eigenvalue weighted by atomic mass is 35.5. The number of hydrogen-bond donors (Lipinski definition) is 1. The van der Waals surface area contributed by atoms with E-state index in [0.717, 1.165) is 16.7 Å². The zero-order valence-corrected chi connectivity index (χ0v) is 20.2. The molecule has 3 heterocycles. The van der Waals surface area contributed by atoms with Crippen molar-refractivity contribution in [3.8, 4) is 11.8 Å². The van der Waals surface area contributed by atoms with Crippen molar-refractivity contribution in [1.82, 2.24) is 19.7 Å². The van der Waals surface area contributed by atoms with Gasteiger partial charge in [-0.25, -0.2) is 9.37 Å². The number of alkyl halides is 1. The van der Waals surface area contributed by atoms with E-state index in [4.69, 9.17) is 11.6 Å². The Labute approximate surface area is 208 Å². The molecule has 1 fully saturated rings. The molecule has 0 saturated carbocycles. The molecule has 0 spiro atoms. The van der Waals surface area contributed by atoms with Crippen LogP contribution in [-0.2, 0) is 11.3 Å². The SMILES string of the molecule is CC(=O)N1CC[C@H](Cn2ncc(Cl)c2C(=O)Nc2ncc(C#Cc3ccccc3)cc2C)C(F)C1. The Morgan fingerprint density at radius 3 is 2.63 bits per heavy atom. The van der Waals surface area contributed by atoms with Gasteiger partial charge in [-0.2, -0.15) is 5.10 Å². The van der Waals surface area contributed by atoms with Gasteiger partial charge >= 0.3 is 0 Å². The van der Waals surface area contributed by atoms with Gasteiger partial charge < -0.3 is 10.2 Å². The van der Waals surface area contributed by atoms with E-state index in [-0.39, 0.29) is 35.6 Å². The molecule has 1 unspecified atom stereocenters. The molecule has 3 aromatic rings. The number of nitrogens with one attached hydrogen (secondary N) is 1. The number of nitrogens with zero attached hydrogens (tertiary/aromatic N) is 4. The molecule has 4 rings (SSSR count). The molecule has 1 aromatic carbocycles. The van der Waals surface area contributed by atoms with Crippen LogP contribution in [0.5, 0.6) is 0 Å². The minimum Gasteiger partial charge on any atom is -0.340 e. The molecule has 9 heteroatoms. The maximum Gasteiger partial charge on any atom is 0.276 e. The van der Waals surface area contributed by atoms with Crippen LogP contribution in [0.15, 0.2) is 48.8 Å². The average molecular weight is 494 g/mol. The Kier molecular flexibility index (Phi) is 7.47. The van der Waals surface area contributed by atoms with Gasteiger partial charge in [0.1, 0.15) is 17.7 Å². The van der Waals surface area contributed by atoms with E-state index in [1.54, 1.807) is 6.20 Å². The lowest BCUT2D eigenvalue weighted by molar-refractivity contribution is -0.131. The Hall–Kier alpha value is -3.70. The summed E-state index contributed by atoms with van der Waals surface area (Å²) >= 11 is 6.26. The summed E-state index contributed by atoms with van der Waals surface area (Å²) in [6, 6.07) is 11.5. The number of amides is 2. The quantitative estimate of drug-likeness (QED) is 0.555. The van der Waals surface area contributed by atoms with Gasteiger partial charge in [-0.3, -0.25) is 14.3 Å². The van der Waals surface area contributed by atoms with E-state index >= 15 is 0 Å². The fraction of sp³-hybridized carbons (Fsp3) is 0.308. The van der Waals surface area contributed by atoms with Crippen molar-refractivity contribution >= 4 is 29.2 Å². The van der Waals surface area contributed by atoms with Crippen LogP contribution in [0, 0.1) is 24.7 Å². The highest BCUT2D eigenvalue weighted by Crippen LogP contribution is 2.25. The third-order valence-corrected chi connectivity index (χ3v) is 6.25. The molecular formula is C26H25ClFN5O2. The number of piperidine rings is 1. The molecule has 7 nitrogen and oxygen atoms in total. The standard InChI is InChI=1S/C26H25ClFN5O2/c1-17-12-20(9-8-19-6-4-3-5-7-19)13-29-25(17)31-26(35)24-22(27)14-30-33(24)15-21-10-11-32(18(2)34)16-23(21)28/h3-7,12-14,21,23H,10-11,15-16H2,1-2H3,(H,29,31,35)/t21-,23?/m1/s1. The molecule has 180 valence electrons. The summed E-state index contributed by atoms with van der Waals surface area (Å²) in [6.45, 7) is 3.95. The number of halogens is 2. The highest BCUT2D eigenvalue weighted by Gasteiger charge is 2.32. The third-order valence-electron chi connectivity index (χ3n) is 5.97. The van der Waals surface area contributed by atoms with Crippen molar-refractivity contribution in [2.45, 2.75) is 33.0 Å². The first-order valence-electron chi connectivity index (χ1n) is 11.3. The third kappa shape index (κ3) is 5.87. The minimum absolute atomic E-state index is 0.0408. The second-order valence-corrected chi connectivity index (χ2v) is 8.92. The van der Waals surface area contributed by atoms with Gasteiger partial charge in [-0.05, 0) is 37.1 Å². The first-order valence-corrected chi connectivity index (χ1v) is 11.7. The van der Waals surface area contributed by atoms with Crippen LogP contribution >= 0.6 is 11.6 Å². The summed E-state index contributed by atoms with van der Waals surface area (Å²) in [4.78, 5) is 30.4. The molecule has 0 aliphatic carbocycles. The molecule has 35 heavy (non-hydrogen) atoms. The van der Waals surface area contributed by atoms with E-state index in [2.05, 4.69) is 27.2 Å². The summed E-state index contributed by atoms with van der Waals surface area (Å²) in [7, 11) is 0. The summed E-state index contributed by atoms with van der Waals surface area (Å²) in [5, 5.41) is 7.13. The summed E-state index contributed by atoms with van der Waals surface area (Å²) < 4.78 is 16.1. The van der Waals surface area contributed by atoms with Crippen LogP contribution < -0.4 is 5.32 Å². The Bertz CT molecular complexity index is 1300. The molecule has 1 saturated heterocycles. The van der Waals surface area contributed by atoms with Crippen LogP contribution in [0.1, 0.15) is 40.5 Å². The van der Waals surface area contributed by atoms with Gasteiger partial charge in [-0.15, -0.1) is 0 Å². The molecule has 1 aliphatic rings. The smallest absolute Gasteiger partial charge is 0.276 e. The zero-order chi connectivity index (χ0) is 24.9. The van der Waals surface area contributed by atoms with Gasteiger partial charge in [0.2, 0.25) is 5.91 Å². The van der Waals surface area contributed by atoms with Gasteiger partial charge in [0, 0.05) is 43.3 Å².